The van der Waals surface area contributed by atoms with E-state index < -0.39 is 6.04 Å². The number of rotatable bonds is 6. The third-order valence-electron chi connectivity index (χ3n) is 5.30. The first kappa shape index (κ1) is 20.9. The quantitative estimate of drug-likeness (QED) is 0.580. The monoisotopic (exact) mass is 434 g/mol. The fourth-order valence-electron chi connectivity index (χ4n) is 3.72. The summed E-state index contributed by atoms with van der Waals surface area (Å²) in [5.41, 5.74) is 1.86. The molecule has 158 valence electrons. The molecule has 3 aromatic carbocycles. The molecule has 1 unspecified atom stereocenters. The average Bonchev–Trinajstić information content (AvgIpc) is 2.81. The van der Waals surface area contributed by atoms with E-state index in [-0.39, 0.29) is 18.4 Å². The van der Waals surface area contributed by atoms with Crippen LogP contribution in [0.3, 0.4) is 0 Å². The molecule has 0 N–H and O–H groups in total. The number of carbonyl (C=O) groups excluding carboxylic acids is 2. The number of amides is 2. The number of halogens is 1. The van der Waals surface area contributed by atoms with Crippen molar-refractivity contribution in [1.82, 2.24) is 9.80 Å². The lowest BCUT2D eigenvalue weighted by molar-refractivity contribution is -0.153. The van der Waals surface area contributed by atoms with Gasteiger partial charge < -0.3 is 14.5 Å². The molecule has 0 aromatic heterocycles. The van der Waals surface area contributed by atoms with Gasteiger partial charge in [0.15, 0.2) is 6.61 Å². The Bertz CT molecular complexity index is 1030. The van der Waals surface area contributed by atoms with Crippen molar-refractivity contribution < 1.29 is 14.3 Å². The molecule has 31 heavy (non-hydrogen) atoms. The maximum Gasteiger partial charge on any atom is 0.261 e. The number of hydrogen-bond donors (Lipinski definition) is 0. The van der Waals surface area contributed by atoms with Gasteiger partial charge >= 0.3 is 0 Å². The number of piperazine rings is 1. The molecule has 1 aliphatic rings. The van der Waals surface area contributed by atoms with E-state index in [2.05, 4.69) is 0 Å². The van der Waals surface area contributed by atoms with Crippen LogP contribution in [-0.2, 0) is 16.1 Å². The number of hydrogen-bond acceptors (Lipinski definition) is 3. The van der Waals surface area contributed by atoms with Crippen LogP contribution in [0.4, 0.5) is 0 Å². The van der Waals surface area contributed by atoms with Crippen LogP contribution in [0.25, 0.3) is 0 Å². The van der Waals surface area contributed by atoms with Gasteiger partial charge in [0.25, 0.3) is 5.91 Å². The summed E-state index contributed by atoms with van der Waals surface area (Å²) in [5, 5.41) is 0.600. The lowest BCUT2D eigenvalue weighted by Gasteiger charge is -2.41. The van der Waals surface area contributed by atoms with Crippen LogP contribution < -0.4 is 4.74 Å². The second-order valence-electron chi connectivity index (χ2n) is 7.39. The highest BCUT2D eigenvalue weighted by Crippen LogP contribution is 2.28. The van der Waals surface area contributed by atoms with Crippen molar-refractivity contribution in [1.29, 1.82) is 0 Å². The molecule has 0 spiro atoms. The van der Waals surface area contributed by atoms with Gasteiger partial charge in [-0.05, 0) is 35.4 Å². The van der Waals surface area contributed by atoms with E-state index in [1.54, 1.807) is 29.2 Å². The molecule has 0 bridgehead atoms. The van der Waals surface area contributed by atoms with Gasteiger partial charge in [0, 0.05) is 24.7 Å². The topological polar surface area (TPSA) is 49.9 Å². The Morgan fingerprint density at radius 1 is 0.903 bits per heavy atom. The standard InChI is InChI=1S/C25H23ClN2O3/c26-21-11-13-22(14-12-21)31-18-23(29)28-16-15-27(17-19-7-3-1-4-8-19)25(30)24(28)20-9-5-2-6-10-20/h1-14,24H,15-18H2. The summed E-state index contributed by atoms with van der Waals surface area (Å²) in [4.78, 5) is 29.9. The zero-order valence-corrected chi connectivity index (χ0v) is 17.7. The van der Waals surface area contributed by atoms with Crippen molar-refractivity contribution >= 4 is 23.4 Å². The molecule has 1 saturated heterocycles. The van der Waals surface area contributed by atoms with E-state index in [0.29, 0.717) is 30.4 Å². The van der Waals surface area contributed by atoms with Gasteiger partial charge in [-0.2, -0.15) is 0 Å². The summed E-state index contributed by atoms with van der Waals surface area (Å²) in [6.07, 6.45) is 0. The number of benzene rings is 3. The molecule has 3 aromatic rings. The number of carbonyl (C=O) groups is 2. The van der Waals surface area contributed by atoms with Gasteiger partial charge in [0.1, 0.15) is 11.8 Å². The lowest BCUT2D eigenvalue weighted by atomic mass is 10.0. The van der Waals surface area contributed by atoms with Gasteiger partial charge in [-0.25, -0.2) is 0 Å². The highest BCUT2D eigenvalue weighted by molar-refractivity contribution is 6.30. The molecule has 1 fully saturated rings. The van der Waals surface area contributed by atoms with Crippen molar-refractivity contribution in [3.05, 3.63) is 101 Å². The number of nitrogens with zero attached hydrogens (tertiary/aromatic N) is 2. The summed E-state index contributed by atoms with van der Waals surface area (Å²) in [6.45, 7) is 1.30. The average molecular weight is 435 g/mol. The second kappa shape index (κ2) is 9.67. The van der Waals surface area contributed by atoms with Crippen molar-refractivity contribution in [2.45, 2.75) is 12.6 Å². The second-order valence-corrected chi connectivity index (χ2v) is 7.82. The Morgan fingerprint density at radius 2 is 1.55 bits per heavy atom. The first-order chi connectivity index (χ1) is 15.1. The van der Waals surface area contributed by atoms with Crippen LogP contribution in [0.5, 0.6) is 5.75 Å². The predicted molar refractivity (Wildman–Crippen MR) is 120 cm³/mol. The molecule has 0 saturated carbocycles. The molecular formula is C25H23ClN2O3. The maximum atomic E-state index is 13.4. The smallest absolute Gasteiger partial charge is 0.261 e. The fourth-order valence-corrected chi connectivity index (χ4v) is 3.85. The van der Waals surface area contributed by atoms with Crippen LogP contribution in [0.2, 0.25) is 5.02 Å². The van der Waals surface area contributed by atoms with Crippen LogP contribution in [-0.4, -0.2) is 41.3 Å². The van der Waals surface area contributed by atoms with Crippen LogP contribution in [0, 0.1) is 0 Å². The zero-order chi connectivity index (χ0) is 21.6. The van der Waals surface area contributed by atoms with Crippen LogP contribution in [0.1, 0.15) is 17.2 Å². The Kier molecular flexibility index (Phi) is 6.53. The predicted octanol–water partition coefficient (Wildman–Crippen LogP) is 4.33. The first-order valence-electron chi connectivity index (χ1n) is 10.2. The first-order valence-corrected chi connectivity index (χ1v) is 10.5. The summed E-state index contributed by atoms with van der Waals surface area (Å²) < 4.78 is 5.64. The van der Waals surface area contributed by atoms with E-state index >= 15 is 0 Å². The fraction of sp³-hybridized carbons (Fsp3) is 0.200. The Labute approximate surface area is 186 Å². The van der Waals surface area contributed by atoms with E-state index in [0.717, 1.165) is 11.1 Å². The highest BCUT2D eigenvalue weighted by Gasteiger charge is 2.38. The summed E-state index contributed by atoms with van der Waals surface area (Å²) in [6, 6.07) is 25.5. The van der Waals surface area contributed by atoms with E-state index in [1.165, 1.54) is 0 Å². The SMILES string of the molecule is O=C1C(c2ccccc2)N(C(=O)COc2ccc(Cl)cc2)CCN1Cc1ccccc1. The normalized spacial score (nSPS) is 16.3. The maximum absolute atomic E-state index is 13.4. The Balaban J connectivity index is 1.51. The number of ether oxygens (including phenoxy) is 1. The van der Waals surface area contributed by atoms with E-state index in [1.807, 2.05) is 65.6 Å². The highest BCUT2D eigenvalue weighted by atomic mass is 35.5. The largest absolute Gasteiger partial charge is 0.484 e. The minimum atomic E-state index is -0.667. The zero-order valence-electron chi connectivity index (χ0n) is 17.0. The van der Waals surface area contributed by atoms with Crippen molar-refractivity contribution in [3.63, 3.8) is 0 Å². The summed E-state index contributed by atoms with van der Waals surface area (Å²) in [5.74, 6) is 0.251. The van der Waals surface area contributed by atoms with Gasteiger partial charge in [0.05, 0.1) is 0 Å². The molecule has 5 nitrogen and oxygen atoms in total. The minimum absolute atomic E-state index is 0.0823. The molecule has 2 amide bonds. The molecule has 0 aliphatic carbocycles. The third kappa shape index (κ3) is 5.06. The summed E-state index contributed by atoms with van der Waals surface area (Å²) in [7, 11) is 0. The van der Waals surface area contributed by atoms with Crippen molar-refractivity contribution in [3.8, 4) is 5.75 Å². The molecule has 4 rings (SSSR count). The third-order valence-corrected chi connectivity index (χ3v) is 5.55. The van der Waals surface area contributed by atoms with Gasteiger partial charge in [-0.3, -0.25) is 9.59 Å². The molecule has 1 heterocycles. The summed E-state index contributed by atoms with van der Waals surface area (Å²) >= 11 is 5.90. The molecule has 0 radical (unpaired) electrons. The molecule has 1 aliphatic heterocycles. The Morgan fingerprint density at radius 3 is 2.23 bits per heavy atom. The van der Waals surface area contributed by atoms with E-state index in [9.17, 15) is 9.59 Å². The molecule has 1 atom stereocenters. The van der Waals surface area contributed by atoms with Crippen molar-refractivity contribution in [2.75, 3.05) is 19.7 Å². The van der Waals surface area contributed by atoms with Gasteiger partial charge in [0.2, 0.25) is 5.91 Å². The van der Waals surface area contributed by atoms with Gasteiger partial charge in [-0.1, -0.05) is 72.3 Å². The molecular weight excluding hydrogens is 412 g/mol. The van der Waals surface area contributed by atoms with Crippen LogP contribution in [0.15, 0.2) is 84.9 Å². The van der Waals surface area contributed by atoms with Gasteiger partial charge in [-0.15, -0.1) is 0 Å². The minimum Gasteiger partial charge on any atom is -0.484 e. The van der Waals surface area contributed by atoms with Crippen molar-refractivity contribution in [2.24, 2.45) is 0 Å². The Hall–Kier alpha value is -3.31. The molecule has 6 heteroatoms. The van der Waals surface area contributed by atoms with E-state index in [4.69, 9.17) is 16.3 Å². The lowest BCUT2D eigenvalue weighted by Crippen LogP contribution is -2.54. The van der Waals surface area contributed by atoms with Crippen LogP contribution >= 0.6 is 11.6 Å².